The van der Waals surface area contributed by atoms with Gasteiger partial charge in [0.2, 0.25) is 0 Å². The Morgan fingerprint density at radius 1 is 1.42 bits per heavy atom. The van der Waals surface area contributed by atoms with Gasteiger partial charge in [0.25, 0.3) is 0 Å². The first-order chi connectivity index (χ1) is 9.06. The lowest BCUT2D eigenvalue weighted by Gasteiger charge is -2.31. The Hall–Kier alpha value is -0.540. The average molecular weight is 326 g/mol. The number of halogens is 1. The molecule has 0 radical (unpaired) electrons. The molecule has 1 aromatic carbocycles. The van der Waals surface area contributed by atoms with Gasteiger partial charge in [-0.25, -0.2) is 0 Å². The summed E-state index contributed by atoms with van der Waals surface area (Å²) in [4.78, 5) is 2.54. The highest BCUT2D eigenvalue weighted by Gasteiger charge is 2.19. The van der Waals surface area contributed by atoms with Crippen molar-refractivity contribution in [1.29, 1.82) is 0 Å². The number of benzene rings is 1. The van der Waals surface area contributed by atoms with Crippen LogP contribution in [0, 0.1) is 5.92 Å². The molecule has 1 aliphatic heterocycles. The van der Waals surface area contributed by atoms with Gasteiger partial charge in [-0.3, -0.25) is 4.90 Å². The maximum absolute atomic E-state index is 5.94. The molecule has 1 atom stereocenters. The molecule has 106 valence electrons. The lowest BCUT2D eigenvalue weighted by Crippen LogP contribution is -2.34. The second kappa shape index (κ2) is 6.76. The summed E-state index contributed by atoms with van der Waals surface area (Å²) in [5.74, 6) is 1.83. The third-order valence-electron chi connectivity index (χ3n) is 3.56. The van der Waals surface area contributed by atoms with E-state index in [-0.39, 0.29) is 6.10 Å². The third kappa shape index (κ3) is 4.22. The zero-order valence-corrected chi connectivity index (χ0v) is 13.7. The molecule has 1 aliphatic rings. The highest BCUT2D eigenvalue weighted by atomic mass is 79.9. The van der Waals surface area contributed by atoms with E-state index in [2.05, 4.69) is 53.7 Å². The summed E-state index contributed by atoms with van der Waals surface area (Å²) in [6.07, 6.45) is 2.89. The van der Waals surface area contributed by atoms with Crippen molar-refractivity contribution in [3.8, 4) is 5.75 Å². The first kappa shape index (κ1) is 14.9. The first-order valence-electron chi connectivity index (χ1n) is 7.22. The van der Waals surface area contributed by atoms with Crippen LogP contribution in [0.3, 0.4) is 0 Å². The van der Waals surface area contributed by atoms with E-state index < -0.39 is 0 Å². The van der Waals surface area contributed by atoms with E-state index in [0.717, 1.165) is 22.7 Å². The molecule has 1 fully saturated rings. The summed E-state index contributed by atoms with van der Waals surface area (Å²) < 4.78 is 7.09. The monoisotopic (exact) mass is 325 g/mol. The molecule has 0 saturated carbocycles. The maximum Gasteiger partial charge on any atom is 0.125 e. The third-order valence-corrected chi connectivity index (χ3v) is 4.30. The van der Waals surface area contributed by atoms with Crippen molar-refractivity contribution in [1.82, 2.24) is 4.90 Å². The van der Waals surface area contributed by atoms with Gasteiger partial charge in [0.1, 0.15) is 5.75 Å². The number of hydrogen-bond acceptors (Lipinski definition) is 2. The fourth-order valence-electron chi connectivity index (χ4n) is 2.71. The number of rotatable bonds is 4. The normalized spacial score (nSPS) is 20.8. The summed E-state index contributed by atoms with van der Waals surface area (Å²) in [7, 11) is 0. The van der Waals surface area contributed by atoms with Crippen LogP contribution >= 0.6 is 15.9 Å². The molecular formula is C16H24BrNO. The zero-order chi connectivity index (χ0) is 13.8. The van der Waals surface area contributed by atoms with Crippen molar-refractivity contribution in [2.24, 2.45) is 5.92 Å². The van der Waals surface area contributed by atoms with E-state index in [9.17, 15) is 0 Å². The van der Waals surface area contributed by atoms with Crippen LogP contribution in [0.25, 0.3) is 0 Å². The van der Waals surface area contributed by atoms with Gasteiger partial charge in [-0.15, -0.1) is 0 Å². The average Bonchev–Trinajstić information content (AvgIpc) is 2.33. The molecule has 1 heterocycles. The Morgan fingerprint density at radius 3 is 2.89 bits per heavy atom. The highest BCUT2D eigenvalue weighted by Crippen LogP contribution is 2.30. The van der Waals surface area contributed by atoms with E-state index in [1.54, 1.807) is 0 Å². The van der Waals surface area contributed by atoms with Crippen LogP contribution in [0.1, 0.15) is 39.2 Å². The van der Waals surface area contributed by atoms with Crippen molar-refractivity contribution in [3.63, 3.8) is 0 Å². The molecular weight excluding hydrogens is 302 g/mol. The van der Waals surface area contributed by atoms with Gasteiger partial charge in [0, 0.05) is 23.1 Å². The molecule has 1 unspecified atom stereocenters. The number of likely N-dealkylation sites (tertiary alicyclic amines) is 1. The van der Waals surface area contributed by atoms with Crippen molar-refractivity contribution in [3.05, 3.63) is 28.2 Å². The molecule has 2 nitrogen and oxygen atoms in total. The van der Waals surface area contributed by atoms with E-state index in [4.69, 9.17) is 4.74 Å². The quantitative estimate of drug-likeness (QED) is 0.809. The van der Waals surface area contributed by atoms with Crippen LogP contribution in [-0.2, 0) is 6.54 Å². The van der Waals surface area contributed by atoms with Crippen molar-refractivity contribution in [2.45, 2.75) is 46.3 Å². The summed E-state index contributed by atoms with van der Waals surface area (Å²) in [6.45, 7) is 9.88. The number of ether oxygens (including phenoxy) is 1. The lowest BCUT2D eigenvalue weighted by molar-refractivity contribution is 0.171. The fourth-order valence-corrected chi connectivity index (χ4v) is 3.18. The topological polar surface area (TPSA) is 12.5 Å². The summed E-state index contributed by atoms with van der Waals surface area (Å²) in [5, 5.41) is 0. The Labute approximate surface area is 125 Å². The standard InChI is InChI=1S/C16H24BrNO/c1-12(2)19-16-8-4-7-15(17)14(16)11-18-9-5-6-13(3)10-18/h4,7-8,12-13H,5-6,9-11H2,1-3H3. The molecule has 0 bridgehead atoms. The SMILES string of the molecule is CC1CCCN(Cc2c(Br)cccc2OC(C)C)C1. The second-order valence-corrected chi connectivity index (χ2v) is 6.72. The van der Waals surface area contributed by atoms with Crippen LogP contribution in [0.4, 0.5) is 0 Å². The van der Waals surface area contributed by atoms with Gasteiger partial charge in [-0.2, -0.15) is 0 Å². The maximum atomic E-state index is 5.94. The van der Waals surface area contributed by atoms with E-state index in [1.807, 2.05) is 6.07 Å². The van der Waals surface area contributed by atoms with Crippen LogP contribution < -0.4 is 4.74 Å². The van der Waals surface area contributed by atoms with Gasteiger partial charge in [-0.05, 0) is 51.3 Å². The van der Waals surface area contributed by atoms with Crippen LogP contribution in [0.5, 0.6) is 5.75 Å². The van der Waals surface area contributed by atoms with E-state index in [0.29, 0.717) is 0 Å². The molecule has 2 rings (SSSR count). The Bertz CT molecular complexity index is 419. The number of nitrogens with zero attached hydrogens (tertiary/aromatic N) is 1. The Balaban J connectivity index is 2.13. The van der Waals surface area contributed by atoms with Gasteiger partial charge < -0.3 is 4.74 Å². The van der Waals surface area contributed by atoms with E-state index >= 15 is 0 Å². The number of piperidine rings is 1. The molecule has 0 N–H and O–H groups in total. The molecule has 0 spiro atoms. The zero-order valence-electron chi connectivity index (χ0n) is 12.2. The minimum absolute atomic E-state index is 0.216. The van der Waals surface area contributed by atoms with E-state index in [1.165, 1.54) is 31.5 Å². The minimum Gasteiger partial charge on any atom is -0.491 e. The largest absolute Gasteiger partial charge is 0.491 e. The van der Waals surface area contributed by atoms with Crippen LogP contribution in [0.15, 0.2) is 22.7 Å². The molecule has 3 heteroatoms. The summed E-state index contributed by atoms with van der Waals surface area (Å²) in [5.41, 5.74) is 1.28. The molecule has 0 amide bonds. The van der Waals surface area contributed by atoms with Crippen molar-refractivity contribution >= 4 is 15.9 Å². The fraction of sp³-hybridized carbons (Fsp3) is 0.625. The molecule has 0 aliphatic carbocycles. The minimum atomic E-state index is 0.216. The molecule has 1 aromatic rings. The van der Waals surface area contributed by atoms with Crippen LogP contribution in [-0.4, -0.2) is 24.1 Å². The van der Waals surface area contributed by atoms with Gasteiger partial charge in [-0.1, -0.05) is 28.9 Å². The van der Waals surface area contributed by atoms with Crippen molar-refractivity contribution < 1.29 is 4.74 Å². The molecule has 19 heavy (non-hydrogen) atoms. The van der Waals surface area contributed by atoms with Gasteiger partial charge >= 0.3 is 0 Å². The van der Waals surface area contributed by atoms with Crippen molar-refractivity contribution in [2.75, 3.05) is 13.1 Å². The molecule has 1 saturated heterocycles. The summed E-state index contributed by atoms with van der Waals surface area (Å²) >= 11 is 3.67. The van der Waals surface area contributed by atoms with Gasteiger partial charge in [0.15, 0.2) is 0 Å². The predicted octanol–water partition coefficient (Wildman–Crippen LogP) is 4.47. The van der Waals surface area contributed by atoms with Crippen LogP contribution in [0.2, 0.25) is 0 Å². The smallest absolute Gasteiger partial charge is 0.125 e. The molecule has 0 aromatic heterocycles. The number of hydrogen-bond donors (Lipinski definition) is 0. The second-order valence-electron chi connectivity index (χ2n) is 5.87. The van der Waals surface area contributed by atoms with Gasteiger partial charge in [0.05, 0.1) is 6.10 Å². The Kier molecular flexibility index (Phi) is 5.28. The lowest BCUT2D eigenvalue weighted by atomic mass is 10.00. The highest BCUT2D eigenvalue weighted by molar-refractivity contribution is 9.10. The first-order valence-corrected chi connectivity index (χ1v) is 8.02. The Morgan fingerprint density at radius 2 is 2.21 bits per heavy atom. The summed E-state index contributed by atoms with van der Waals surface area (Å²) in [6, 6.07) is 6.23. The predicted molar refractivity (Wildman–Crippen MR) is 83.6 cm³/mol.